The van der Waals surface area contributed by atoms with Crippen LogP contribution in [0.15, 0.2) is 0 Å². The first-order chi connectivity index (χ1) is 8.51. The highest BCUT2D eigenvalue weighted by molar-refractivity contribution is 5.71. The monoisotopic (exact) mass is 256 g/mol. The van der Waals surface area contributed by atoms with Gasteiger partial charge in [0.15, 0.2) is 0 Å². The fourth-order valence-corrected chi connectivity index (χ4v) is 2.77. The van der Waals surface area contributed by atoms with Crippen molar-refractivity contribution in [2.45, 2.75) is 31.3 Å². The Morgan fingerprint density at radius 1 is 1.44 bits per heavy atom. The number of likely N-dealkylation sites (N-methyl/N-ethyl adjacent to an activating group) is 1. The zero-order chi connectivity index (χ0) is 13.2. The second-order valence-corrected chi connectivity index (χ2v) is 5.27. The van der Waals surface area contributed by atoms with Crippen LogP contribution >= 0.6 is 0 Å². The quantitative estimate of drug-likeness (QED) is 0.807. The van der Waals surface area contributed by atoms with E-state index in [-0.39, 0.29) is 24.7 Å². The number of carboxylic acid groups (broad SMARTS) is 1. The van der Waals surface area contributed by atoms with Gasteiger partial charge in [0.25, 0.3) is 0 Å². The van der Waals surface area contributed by atoms with E-state index >= 15 is 0 Å². The molecule has 2 rings (SSSR count). The number of piperidine rings is 1. The molecular weight excluding hydrogens is 236 g/mol. The topological polar surface area (TPSA) is 70.1 Å². The molecule has 1 unspecified atom stereocenters. The van der Waals surface area contributed by atoms with Gasteiger partial charge in [-0.25, -0.2) is 4.79 Å². The number of rotatable bonds is 3. The predicted octanol–water partition coefficient (Wildman–Crippen LogP) is 0.768. The lowest BCUT2D eigenvalue weighted by Crippen LogP contribution is -2.56. The van der Waals surface area contributed by atoms with Crippen molar-refractivity contribution >= 4 is 12.1 Å². The molecule has 6 heteroatoms. The van der Waals surface area contributed by atoms with Crippen molar-refractivity contribution < 1.29 is 19.4 Å². The van der Waals surface area contributed by atoms with Gasteiger partial charge in [0.2, 0.25) is 0 Å². The molecule has 0 aromatic rings. The summed E-state index contributed by atoms with van der Waals surface area (Å²) in [6.45, 7) is 2.66. The summed E-state index contributed by atoms with van der Waals surface area (Å²) in [6.07, 6.45) is 2.36. The highest BCUT2D eigenvalue weighted by Crippen LogP contribution is 2.32. The van der Waals surface area contributed by atoms with Crippen molar-refractivity contribution in [1.29, 1.82) is 0 Å². The Kier molecular flexibility index (Phi) is 3.75. The number of amides is 1. The Morgan fingerprint density at radius 3 is 2.83 bits per heavy atom. The number of aliphatic carboxylic acids is 1. The van der Waals surface area contributed by atoms with Gasteiger partial charge in [0.05, 0.1) is 6.42 Å². The van der Waals surface area contributed by atoms with Gasteiger partial charge in [-0.05, 0) is 26.4 Å². The smallest absolute Gasteiger partial charge is 0.410 e. The molecular formula is C12H20N2O4. The highest BCUT2D eigenvalue weighted by Gasteiger charge is 2.42. The van der Waals surface area contributed by atoms with E-state index in [0.29, 0.717) is 6.54 Å². The van der Waals surface area contributed by atoms with Gasteiger partial charge >= 0.3 is 12.1 Å². The Bertz CT molecular complexity index is 347. The Hall–Kier alpha value is -1.30. The van der Waals surface area contributed by atoms with Gasteiger partial charge in [-0.1, -0.05) is 0 Å². The minimum absolute atomic E-state index is 0.0258. The van der Waals surface area contributed by atoms with Crippen molar-refractivity contribution in [3.8, 4) is 0 Å². The SMILES string of the molecule is CN1CCCC2(CCN(CCC(=O)O)C(=O)O2)C1. The number of ether oxygens (including phenoxy) is 1. The van der Waals surface area contributed by atoms with E-state index in [0.717, 1.165) is 32.4 Å². The molecule has 1 spiro atoms. The number of likely N-dealkylation sites (tertiary alicyclic amines) is 1. The standard InChI is InChI=1S/C12H20N2O4/c1-13-6-2-4-12(9-13)5-8-14(11(17)18-12)7-3-10(15)16/h2-9H2,1H3,(H,15,16). The molecule has 1 atom stereocenters. The zero-order valence-corrected chi connectivity index (χ0v) is 10.7. The Labute approximate surface area is 106 Å². The first-order valence-corrected chi connectivity index (χ1v) is 6.39. The minimum Gasteiger partial charge on any atom is -0.481 e. The fourth-order valence-electron chi connectivity index (χ4n) is 2.77. The third kappa shape index (κ3) is 2.93. The molecule has 1 N–H and O–H groups in total. The summed E-state index contributed by atoms with van der Waals surface area (Å²) in [7, 11) is 2.03. The van der Waals surface area contributed by atoms with Crippen molar-refractivity contribution in [1.82, 2.24) is 9.80 Å². The van der Waals surface area contributed by atoms with E-state index in [4.69, 9.17) is 9.84 Å². The van der Waals surface area contributed by atoms with Crippen LogP contribution in [0.1, 0.15) is 25.7 Å². The van der Waals surface area contributed by atoms with E-state index < -0.39 is 5.97 Å². The number of carboxylic acids is 1. The molecule has 0 bridgehead atoms. The van der Waals surface area contributed by atoms with Crippen molar-refractivity contribution in [3.63, 3.8) is 0 Å². The minimum atomic E-state index is -0.888. The van der Waals surface area contributed by atoms with Gasteiger partial charge in [0.1, 0.15) is 5.60 Å². The van der Waals surface area contributed by atoms with Gasteiger partial charge in [-0.3, -0.25) is 4.79 Å². The third-order valence-corrected chi connectivity index (χ3v) is 3.73. The molecule has 2 fully saturated rings. The normalized spacial score (nSPS) is 29.4. The molecule has 0 saturated carbocycles. The molecule has 102 valence electrons. The first-order valence-electron chi connectivity index (χ1n) is 6.39. The second-order valence-electron chi connectivity index (χ2n) is 5.27. The summed E-state index contributed by atoms with van der Waals surface area (Å²) < 4.78 is 5.58. The number of carbonyl (C=O) groups is 2. The Morgan fingerprint density at radius 2 is 2.22 bits per heavy atom. The van der Waals surface area contributed by atoms with Gasteiger partial charge in [0, 0.05) is 26.1 Å². The summed E-state index contributed by atoms with van der Waals surface area (Å²) in [4.78, 5) is 26.1. The van der Waals surface area contributed by atoms with E-state index in [9.17, 15) is 9.59 Å². The maximum atomic E-state index is 11.9. The van der Waals surface area contributed by atoms with Gasteiger partial charge in [-0.2, -0.15) is 0 Å². The fraction of sp³-hybridized carbons (Fsp3) is 0.833. The molecule has 2 saturated heterocycles. The molecule has 1 amide bonds. The Balaban J connectivity index is 1.91. The highest BCUT2D eigenvalue weighted by atomic mass is 16.6. The number of carbonyl (C=O) groups excluding carboxylic acids is 1. The lowest BCUT2D eigenvalue weighted by molar-refractivity contribution is -0.137. The zero-order valence-electron chi connectivity index (χ0n) is 10.7. The van der Waals surface area contributed by atoms with Gasteiger partial charge in [-0.15, -0.1) is 0 Å². The first kappa shape index (κ1) is 13.1. The van der Waals surface area contributed by atoms with Crippen LogP contribution in [0.2, 0.25) is 0 Å². The van der Waals surface area contributed by atoms with Gasteiger partial charge < -0.3 is 19.6 Å². The lowest BCUT2D eigenvalue weighted by atomic mass is 9.88. The molecule has 2 aliphatic rings. The molecule has 0 aromatic carbocycles. The van der Waals surface area contributed by atoms with Crippen LogP contribution < -0.4 is 0 Å². The van der Waals surface area contributed by atoms with Crippen molar-refractivity contribution in [2.24, 2.45) is 0 Å². The van der Waals surface area contributed by atoms with E-state index in [1.807, 2.05) is 7.05 Å². The summed E-state index contributed by atoms with van der Waals surface area (Å²) >= 11 is 0. The molecule has 0 aliphatic carbocycles. The number of hydrogen-bond donors (Lipinski definition) is 1. The van der Waals surface area contributed by atoms with Crippen LogP contribution in [-0.4, -0.2) is 65.8 Å². The summed E-state index contributed by atoms with van der Waals surface area (Å²) in [5.74, 6) is -0.888. The predicted molar refractivity (Wildman–Crippen MR) is 64.4 cm³/mol. The van der Waals surface area contributed by atoms with Crippen molar-refractivity contribution in [2.75, 3.05) is 33.2 Å². The maximum Gasteiger partial charge on any atom is 0.410 e. The van der Waals surface area contributed by atoms with Crippen LogP contribution in [0.25, 0.3) is 0 Å². The van der Waals surface area contributed by atoms with Crippen LogP contribution in [0.3, 0.4) is 0 Å². The molecule has 18 heavy (non-hydrogen) atoms. The molecule has 2 aliphatic heterocycles. The average Bonchev–Trinajstić information content (AvgIpc) is 2.27. The summed E-state index contributed by atoms with van der Waals surface area (Å²) in [6, 6.07) is 0. The average molecular weight is 256 g/mol. The van der Waals surface area contributed by atoms with Crippen LogP contribution in [0.4, 0.5) is 4.79 Å². The third-order valence-electron chi connectivity index (χ3n) is 3.73. The maximum absolute atomic E-state index is 11.9. The van der Waals surface area contributed by atoms with Crippen LogP contribution in [0, 0.1) is 0 Å². The largest absolute Gasteiger partial charge is 0.481 e. The van der Waals surface area contributed by atoms with E-state index in [1.165, 1.54) is 4.90 Å². The summed E-state index contributed by atoms with van der Waals surface area (Å²) in [5, 5.41) is 8.62. The molecule has 0 aromatic heterocycles. The van der Waals surface area contributed by atoms with Crippen LogP contribution in [0.5, 0.6) is 0 Å². The van der Waals surface area contributed by atoms with Crippen LogP contribution in [-0.2, 0) is 9.53 Å². The lowest BCUT2D eigenvalue weighted by Gasteiger charge is -2.45. The number of nitrogens with zero attached hydrogens (tertiary/aromatic N) is 2. The molecule has 6 nitrogen and oxygen atoms in total. The number of hydrogen-bond acceptors (Lipinski definition) is 4. The van der Waals surface area contributed by atoms with Crippen molar-refractivity contribution in [3.05, 3.63) is 0 Å². The summed E-state index contributed by atoms with van der Waals surface area (Å²) in [5.41, 5.74) is -0.343. The van der Waals surface area contributed by atoms with E-state index in [1.54, 1.807) is 0 Å². The van der Waals surface area contributed by atoms with E-state index in [2.05, 4.69) is 4.90 Å². The second kappa shape index (κ2) is 5.14. The molecule has 0 radical (unpaired) electrons. The molecule has 2 heterocycles.